The van der Waals surface area contributed by atoms with E-state index in [4.69, 9.17) is 0 Å². The maximum Gasteiger partial charge on any atom is 0.238 e. The van der Waals surface area contributed by atoms with Gasteiger partial charge in [-0.1, -0.05) is 0 Å². The second-order valence-corrected chi connectivity index (χ2v) is 7.26. The first-order valence-electron chi connectivity index (χ1n) is 9.21. The number of fused-ring (bicyclic) bond motifs is 2. The third kappa shape index (κ3) is 3.68. The van der Waals surface area contributed by atoms with E-state index in [1.54, 1.807) is 30.5 Å². The van der Waals surface area contributed by atoms with Crippen LogP contribution in [0.3, 0.4) is 0 Å². The van der Waals surface area contributed by atoms with E-state index in [-0.39, 0.29) is 11.7 Å². The van der Waals surface area contributed by atoms with Gasteiger partial charge >= 0.3 is 0 Å². The monoisotopic (exact) mass is 365 g/mol. The number of piperidine rings is 1. The van der Waals surface area contributed by atoms with Gasteiger partial charge in [-0.15, -0.1) is 0 Å². The van der Waals surface area contributed by atoms with Gasteiger partial charge in [-0.2, -0.15) is 0 Å². The van der Waals surface area contributed by atoms with Gasteiger partial charge in [0.1, 0.15) is 11.6 Å². The summed E-state index contributed by atoms with van der Waals surface area (Å²) in [5.41, 5.74) is 1.36. The molecule has 1 aromatic heterocycles. The van der Waals surface area contributed by atoms with E-state index in [1.807, 2.05) is 13.0 Å². The van der Waals surface area contributed by atoms with Gasteiger partial charge in [-0.05, 0) is 50.6 Å². The molecular weight excluding hydrogens is 342 g/mol. The molecule has 1 aromatic carbocycles. The Hall–Kier alpha value is -2.80. The van der Waals surface area contributed by atoms with Crippen LogP contribution in [-0.4, -0.2) is 58.3 Å². The first-order valence-corrected chi connectivity index (χ1v) is 9.21. The molecule has 3 fully saturated rings. The minimum Gasteiger partial charge on any atom is -0.353 e. The predicted molar refractivity (Wildman–Crippen MR) is 103 cm³/mol. The molecule has 1 N–H and O–H groups in total. The molecule has 3 saturated heterocycles. The Labute approximate surface area is 158 Å². The van der Waals surface area contributed by atoms with Crippen LogP contribution in [-0.2, 0) is 4.79 Å². The van der Waals surface area contributed by atoms with Crippen molar-refractivity contribution in [3.05, 3.63) is 47.9 Å². The number of rotatable bonds is 5. The molecule has 3 aliphatic rings. The highest BCUT2D eigenvalue weighted by molar-refractivity contribution is 5.96. The van der Waals surface area contributed by atoms with Crippen molar-refractivity contribution in [1.29, 1.82) is 0 Å². The average molecular weight is 365 g/mol. The van der Waals surface area contributed by atoms with Gasteiger partial charge in [0.15, 0.2) is 5.78 Å². The summed E-state index contributed by atoms with van der Waals surface area (Å²) in [7, 11) is 0. The number of nitrogens with one attached hydrogen (secondary N) is 1. The first-order chi connectivity index (χ1) is 13.0. The summed E-state index contributed by atoms with van der Waals surface area (Å²) in [6, 6.07) is 9.71. The van der Waals surface area contributed by atoms with E-state index in [9.17, 15) is 9.59 Å². The summed E-state index contributed by atoms with van der Waals surface area (Å²) in [5.74, 6) is 1.74. The lowest BCUT2D eigenvalue weighted by Crippen LogP contribution is -2.69. The van der Waals surface area contributed by atoms with Crippen molar-refractivity contribution < 1.29 is 9.59 Å². The molecule has 27 heavy (non-hydrogen) atoms. The summed E-state index contributed by atoms with van der Waals surface area (Å²) in [5, 5.41) is 2.92. The molecule has 140 valence electrons. The van der Waals surface area contributed by atoms with Crippen molar-refractivity contribution in [2.24, 2.45) is 0 Å². The van der Waals surface area contributed by atoms with Gasteiger partial charge < -0.3 is 10.2 Å². The topological polar surface area (TPSA) is 78.4 Å². The van der Waals surface area contributed by atoms with Gasteiger partial charge in [-0.3, -0.25) is 14.5 Å². The van der Waals surface area contributed by atoms with E-state index in [1.165, 1.54) is 6.92 Å². The molecule has 2 unspecified atom stereocenters. The third-order valence-electron chi connectivity index (χ3n) is 5.33. The Morgan fingerprint density at radius 3 is 2.48 bits per heavy atom. The first kappa shape index (κ1) is 17.6. The minimum atomic E-state index is -0.0217. The van der Waals surface area contributed by atoms with Crippen molar-refractivity contribution in [1.82, 2.24) is 14.9 Å². The molecule has 7 nitrogen and oxygen atoms in total. The molecule has 1 amide bonds. The smallest absolute Gasteiger partial charge is 0.238 e. The van der Waals surface area contributed by atoms with Gasteiger partial charge in [0, 0.05) is 42.6 Å². The van der Waals surface area contributed by atoms with Crippen LogP contribution >= 0.6 is 0 Å². The van der Waals surface area contributed by atoms with E-state index in [2.05, 4.69) is 25.1 Å². The number of carbonyl (C=O) groups is 2. The summed E-state index contributed by atoms with van der Waals surface area (Å²) in [6.45, 7) is 5.58. The van der Waals surface area contributed by atoms with E-state index >= 15 is 0 Å². The van der Waals surface area contributed by atoms with Gasteiger partial charge in [0.2, 0.25) is 5.91 Å². The molecule has 2 aromatic rings. The zero-order valence-corrected chi connectivity index (χ0v) is 15.6. The number of hydrogen-bond acceptors (Lipinski definition) is 6. The SMILES string of the molecule is CC(=O)c1ccc(NC(=O)CN2C3CC2CN(c2ccnc(C)n2)C3)cc1. The molecule has 2 bridgehead atoms. The molecule has 0 radical (unpaired) electrons. The highest BCUT2D eigenvalue weighted by Crippen LogP contribution is 2.33. The Morgan fingerprint density at radius 1 is 1.15 bits per heavy atom. The molecule has 3 aliphatic heterocycles. The highest BCUT2D eigenvalue weighted by Gasteiger charge is 2.45. The molecule has 0 aliphatic carbocycles. The van der Waals surface area contributed by atoms with Crippen molar-refractivity contribution in [2.45, 2.75) is 32.4 Å². The Kier molecular flexibility index (Phi) is 4.61. The highest BCUT2D eigenvalue weighted by atomic mass is 16.2. The number of hydrogen-bond donors (Lipinski definition) is 1. The molecule has 2 atom stereocenters. The van der Waals surface area contributed by atoms with Crippen LogP contribution in [0.15, 0.2) is 36.5 Å². The van der Waals surface area contributed by atoms with Crippen LogP contribution in [0, 0.1) is 6.92 Å². The van der Waals surface area contributed by atoms with Crippen molar-refractivity contribution in [3.63, 3.8) is 0 Å². The fraction of sp³-hybridized carbons (Fsp3) is 0.400. The maximum atomic E-state index is 12.4. The zero-order valence-electron chi connectivity index (χ0n) is 15.6. The number of aryl methyl sites for hydroxylation is 1. The van der Waals surface area contributed by atoms with Crippen LogP contribution in [0.2, 0.25) is 0 Å². The van der Waals surface area contributed by atoms with Crippen molar-refractivity contribution in [2.75, 3.05) is 29.9 Å². The number of benzene rings is 1. The molecular formula is C20H23N5O2. The van der Waals surface area contributed by atoms with Crippen LogP contribution in [0.4, 0.5) is 11.5 Å². The number of anilines is 2. The lowest BCUT2D eigenvalue weighted by molar-refractivity contribution is -0.121. The molecule has 0 saturated carbocycles. The largest absolute Gasteiger partial charge is 0.353 e. The number of ketones is 1. The Bertz CT molecular complexity index is 855. The minimum absolute atomic E-state index is 0.0183. The second-order valence-electron chi connectivity index (χ2n) is 7.26. The predicted octanol–water partition coefficient (Wildman–Crippen LogP) is 1.89. The van der Waals surface area contributed by atoms with Crippen molar-refractivity contribution in [3.8, 4) is 0 Å². The number of piperazine rings is 1. The van der Waals surface area contributed by atoms with Gasteiger partial charge in [0.05, 0.1) is 6.54 Å². The molecule has 0 spiro atoms. The van der Waals surface area contributed by atoms with Crippen molar-refractivity contribution >= 4 is 23.2 Å². The van der Waals surface area contributed by atoms with Gasteiger partial charge in [-0.25, -0.2) is 9.97 Å². The number of aromatic nitrogens is 2. The lowest BCUT2D eigenvalue weighted by atomic mass is 9.87. The van der Waals surface area contributed by atoms with Gasteiger partial charge in [0.25, 0.3) is 0 Å². The Balaban J connectivity index is 1.32. The summed E-state index contributed by atoms with van der Waals surface area (Å²) in [6.07, 6.45) is 2.92. The maximum absolute atomic E-state index is 12.4. The zero-order chi connectivity index (χ0) is 19.0. The summed E-state index contributed by atoms with van der Waals surface area (Å²) < 4.78 is 0. The quantitative estimate of drug-likeness (QED) is 0.816. The van der Waals surface area contributed by atoms with E-state index in [0.717, 1.165) is 31.2 Å². The number of Topliss-reactive ketones (excluding diaryl/α,β-unsaturated/α-hetero) is 1. The van der Waals surface area contributed by atoms with Crippen LogP contribution < -0.4 is 10.2 Å². The van der Waals surface area contributed by atoms with Crippen LogP contribution in [0.25, 0.3) is 0 Å². The number of amides is 1. The molecule has 7 heteroatoms. The van der Waals surface area contributed by atoms with Crippen LogP contribution in [0.5, 0.6) is 0 Å². The van der Waals surface area contributed by atoms with E-state index in [0.29, 0.717) is 29.9 Å². The summed E-state index contributed by atoms with van der Waals surface area (Å²) in [4.78, 5) is 36.9. The number of nitrogens with zero attached hydrogens (tertiary/aromatic N) is 4. The lowest BCUT2D eigenvalue weighted by Gasteiger charge is -2.56. The molecule has 5 rings (SSSR count). The number of carbonyl (C=O) groups excluding carboxylic acids is 2. The molecule has 4 heterocycles. The standard InChI is InChI=1S/C20H23N5O2/c1-13(26)15-3-5-16(6-4-15)23-20(27)12-25-17-9-18(25)11-24(10-17)19-7-8-21-14(2)22-19/h3-8,17-18H,9-12H2,1-2H3,(H,23,27). The normalized spacial score (nSPS) is 21.5. The fourth-order valence-electron chi connectivity index (χ4n) is 3.91. The van der Waals surface area contributed by atoms with E-state index < -0.39 is 0 Å². The fourth-order valence-corrected chi connectivity index (χ4v) is 3.91. The average Bonchev–Trinajstić information content (AvgIpc) is 2.66. The second kappa shape index (κ2) is 7.08. The Morgan fingerprint density at radius 2 is 1.85 bits per heavy atom. The third-order valence-corrected chi connectivity index (χ3v) is 5.33. The van der Waals surface area contributed by atoms with Crippen LogP contribution in [0.1, 0.15) is 29.5 Å². The summed E-state index contributed by atoms with van der Waals surface area (Å²) >= 11 is 0.